The molecule has 1 heterocycles. The minimum Gasteiger partial charge on any atom is -0.380 e. The van der Waals surface area contributed by atoms with Crippen LogP contribution in [0.25, 0.3) is 10.9 Å². The summed E-state index contributed by atoms with van der Waals surface area (Å²) in [4.78, 5) is 18.5. The van der Waals surface area contributed by atoms with Crippen LogP contribution in [-0.2, 0) is 4.74 Å². The van der Waals surface area contributed by atoms with Crippen LogP contribution >= 0.6 is 0 Å². The molecule has 2 rings (SSSR count). The monoisotopic (exact) mass is 262 g/mol. The molecule has 1 aromatic carbocycles. The van der Waals surface area contributed by atoms with Crippen molar-refractivity contribution in [3.63, 3.8) is 0 Å². The number of aromatic nitrogens is 2. The molecule has 7 heteroatoms. The third kappa shape index (κ3) is 3.14. The molecule has 0 aliphatic rings. The maximum Gasteiger partial charge on any atom is 0.270 e. The predicted molar refractivity (Wildman–Crippen MR) is 71.2 cm³/mol. The Hall–Kier alpha value is -2.28. The lowest BCUT2D eigenvalue weighted by Gasteiger charge is -2.07. The summed E-state index contributed by atoms with van der Waals surface area (Å²) >= 11 is 0. The summed E-state index contributed by atoms with van der Waals surface area (Å²) in [6.45, 7) is 3.71. The highest BCUT2D eigenvalue weighted by molar-refractivity contribution is 5.90. The van der Waals surface area contributed by atoms with Crippen molar-refractivity contribution in [3.8, 4) is 0 Å². The lowest BCUT2D eigenvalue weighted by atomic mass is 10.2. The molecular formula is C12H14N4O3. The molecule has 0 radical (unpaired) electrons. The van der Waals surface area contributed by atoms with Gasteiger partial charge in [0.1, 0.15) is 12.1 Å². The van der Waals surface area contributed by atoms with Crippen LogP contribution in [0.3, 0.4) is 0 Å². The number of anilines is 1. The van der Waals surface area contributed by atoms with Gasteiger partial charge in [0.15, 0.2) is 0 Å². The van der Waals surface area contributed by atoms with Crippen LogP contribution in [0.5, 0.6) is 0 Å². The first-order valence-corrected chi connectivity index (χ1v) is 5.93. The Labute approximate surface area is 109 Å². The van der Waals surface area contributed by atoms with Crippen molar-refractivity contribution in [3.05, 3.63) is 34.6 Å². The molecule has 0 spiro atoms. The van der Waals surface area contributed by atoms with E-state index < -0.39 is 4.92 Å². The number of nitrogens with one attached hydrogen (secondary N) is 1. The number of fused-ring (bicyclic) bond motifs is 1. The summed E-state index contributed by atoms with van der Waals surface area (Å²) in [6, 6.07) is 4.51. The standard InChI is InChI=1S/C12H14N4O3/c1-2-19-6-5-13-12-10-7-9(16(17)18)3-4-11(10)14-8-15-12/h3-4,7-8H,2,5-6H2,1H3,(H,13,14,15). The van der Waals surface area contributed by atoms with Crippen molar-refractivity contribution in [1.82, 2.24) is 9.97 Å². The Morgan fingerprint density at radius 3 is 3.00 bits per heavy atom. The Balaban J connectivity index is 2.26. The average Bonchev–Trinajstić information content (AvgIpc) is 2.43. The smallest absolute Gasteiger partial charge is 0.270 e. The van der Waals surface area contributed by atoms with Crippen LogP contribution in [0.4, 0.5) is 11.5 Å². The summed E-state index contributed by atoms with van der Waals surface area (Å²) in [5, 5.41) is 14.5. The second-order valence-corrected chi connectivity index (χ2v) is 3.80. The molecule has 19 heavy (non-hydrogen) atoms. The Kier molecular flexibility index (Phi) is 4.19. The second kappa shape index (κ2) is 6.05. The van der Waals surface area contributed by atoms with Crippen molar-refractivity contribution >= 4 is 22.4 Å². The van der Waals surface area contributed by atoms with Crippen LogP contribution in [0.1, 0.15) is 6.92 Å². The van der Waals surface area contributed by atoms with Gasteiger partial charge < -0.3 is 10.1 Å². The average molecular weight is 262 g/mol. The van der Waals surface area contributed by atoms with Gasteiger partial charge in [-0.15, -0.1) is 0 Å². The summed E-state index contributed by atoms with van der Waals surface area (Å²) in [5.41, 5.74) is 0.690. The number of nitrogens with zero attached hydrogens (tertiary/aromatic N) is 3. The summed E-state index contributed by atoms with van der Waals surface area (Å²) in [7, 11) is 0. The van der Waals surface area contributed by atoms with Gasteiger partial charge in [0, 0.05) is 30.7 Å². The Bertz CT molecular complexity index is 588. The van der Waals surface area contributed by atoms with E-state index in [1.807, 2.05) is 6.92 Å². The third-order valence-electron chi connectivity index (χ3n) is 2.57. The molecule has 1 N–H and O–H groups in total. The number of non-ortho nitro benzene ring substituents is 1. The van der Waals surface area contributed by atoms with Gasteiger partial charge in [0.25, 0.3) is 5.69 Å². The van der Waals surface area contributed by atoms with E-state index in [-0.39, 0.29) is 5.69 Å². The second-order valence-electron chi connectivity index (χ2n) is 3.80. The fourth-order valence-electron chi connectivity index (χ4n) is 1.68. The fourth-order valence-corrected chi connectivity index (χ4v) is 1.68. The SMILES string of the molecule is CCOCCNc1ncnc2ccc([N+](=O)[O-])cc12. The van der Waals surface area contributed by atoms with Gasteiger partial charge in [-0.1, -0.05) is 0 Å². The van der Waals surface area contributed by atoms with E-state index in [9.17, 15) is 10.1 Å². The zero-order valence-corrected chi connectivity index (χ0v) is 10.5. The van der Waals surface area contributed by atoms with Crippen molar-refractivity contribution < 1.29 is 9.66 Å². The van der Waals surface area contributed by atoms with E-state index in [1.54, 1.807) is 6.07 Å². The summed E-state index contributed by atoms with van der Waals surface area (Å²) in [6.07, 6.45) is 1.43. The molecule has 7 nitrogen and oxygen atoms in total. The van der Waals surface area contributed by atoms with Crippen LogP contribution in [0.2, 0.25) is 0 Å². The first-order valence-electron chi connectivity index (χ1n) is 5.93. The van der Waals surface area contributed by atoms with Crippen molar-refractivity contribution in [2.24, 2.45) is 0 Å². The van der Waals surface area contributed by atoms with Gasteiger partial charge in [-0.3, -0.25) is 10.1 Å². The minimum atomic E-state index is -0.434. The van der Waals surface area contributed by atoms with Crippen LogP contribution in [0, 0.1) is 10.1 Å². The first kappa shape index (κ1) is 13.2. The molecule has 0 saturated carbocycles. The molecule has 0 bridgehead atoms. The first-order chi connectivity index (χ1) is 9.22. The fraction of sp³-hybridized carbons (Fsp3) is 0.333. The van der Waals surface area contributed by atoms with Crippen molar-refractivity contribution in [2.45, 2.75) is 6.92 Å². The number of hydrogen-bond donors (Lipinski definition) is 1. The van der Waals surface area contributed by atoms with Gasteiger partial charge in [0.2, 0.25) is 0 Å². The van der Waals surface area contributed by atoms with Gasteiger partial charge >= 0.3 is 0 Å². The summed E-state index contributed by atoms with van der Waals surface area (Å²) < 4.78 is 5.22. The van der Waals surface area contributed by atoms with Crippen LogP contribution in [-0.4, -0.2) is 34.6 Å². The van der Waals surface area contributed by atoms with Crippen molar-refractivity contribution in [1.29, 1.82) is 0 Å². The van der Waals surface area contributed by atoms with Crippen LogP contribution < -0.4 is 5.32 Å². The van der Waals surface area contributed by atoms with Gasteiger partial charge in [-0.05, 0) is 13.0 Å². The molecular weight excluding hydrogens is 248 g/mol. The maximum atomic E-state index is 10.8. The quantitative estimate of drug-likeness (QED) is 0.486. The minimum absolute atomic E-state index is 0.0233. The normalized spacial score (nSPS) is 10.6. The van der Waals surface area contributed by atoms with E-state index in [0.29, 0.717) is 36.5 Å². The Morgan fingerprint density at radius 2 is 2.26 bits per heavy atom. The maximum absolute atomic E-state index is 10.8. The largest absolute Gasteiger partial charge is 0.380 e. The van der Waals surface area contributed by atoms with Crippen molar-refractivity contribution in [2.75, 3.05) is 25.1 Å². The van der Waals surface area contributed by atoms with E-state index >= 15 is 0 Å². The molecule has 1 aromatic heterocycles. The third-order valence-corrected chi connectivity index (χ3v) is 2.57. The van der Waals surface area contributed by atoms with E-state index in [4.69, 9.17) is 4.74 Å². The van der Waals surface area contributed by atoms with Gasteiger partial charge in [-0.2, -0.15) is 0 Å². The lowest BCUT2D eigenvalue weighted by molar-refractivity contribution is -0.384. The molecule has 0 unspecified atom stereocenters. The highest BCUT2D eigenvalue weighted by atomic mass is 16.6. The van der Waals surface area contributed by atoms with Gasteiger partial charge in [0.05, 0.1) is 17.0 Å². The highest BCUT2D eigenvalue weighted by Gasteiger charge is 2.10. The molecule has 0 fully saturated rings. The number of benzene rings is 1. The number of hydrogen-bond acceptors (Lipinski definition) is 6. The molecule has 0 saturated heterocycles. The number of nitro groups is 1. The lowest BCUT2D eigenvalue weighted by Crippen LogP contribution is -2.10. The predicted octanol–water partition coefficient (Wildman–Crippen LogP) is 1.99. The molecule has 0 aliphatic heterocycles. The molecule has 100 valence electrons. The topological polar surface area (TPSA) is 90.2 Å². The number of ether oxygens (including phenoxy) is 1. The molecule has 0 aliphatic carbocycles. The number of rotatable bonds is 6. The van der Waals surface area contributed by atoms with Crippen LogP contribution in [0.15, 0.2) is 24.5 Å². The molecule has 0 amide bonds. The van der Waals surface area contributed by atoms with Gasteiger partial charge in [-0.25, -0.2) is 9.97 Å². The Morgan fingerprint density at radius 1 is 1.42 bits per heavy atom. The molecule has 0 atom stereocenters. The highest BCUT2D eigenvalue weighted by Crippen LogP contribution is 2.23. The zero-order chi connectivity index (χ0) is 13.7. The summed E-state index contributed by atoms with van der Waals surface area (Å²) in [5.74, 6) is 0.577. The molecule has 2 aromatic rings. The number of nitro benzene ring substituents is 1. The van der Waals surface area contributed by atoms with E-state index in [1.165, 1.54) is 18.5 Å². The van der Waals surface area contributed by atoms with E-state index in [0.717, 1.165) is 0 Å². The van der Waals surface area contributed by atoms with E-state index in [2.05, 4.69) is 15.3 Å². The zero-order valence-electron chi connectivity index (χ0n) is 10.5.